The summed E-state index contributed by atoms with van der Waals surface area (Å²) in [5.41, 5.74) is 6.77. The van der Waals surface area contributed by atoms with E-state index in [4.69, 9.17) is 10.5 Å². The molecule has 2 rings (SSSR count). The molecule has 0 heterocycles. The van der Waals surface area contributed by atoms with Crippen LogP contribution in [0.25, 0.3) is 0 Å². The second-order valence-corrected chi connectivity index (χ2v) is 8.49. The number of nitrogens with two attached hydrogens (primary N) is 1. The molecule has 0 radical (unpaired) electrons. The number of amides is 1. The van der Waals surface area contributed by atoms with Gasteiger partial charge in [0.05, 0.1) is 5.75 Å². The fraction of sp³-hybridized carbons (Fsp3) is 0.588. The van der Waals surface area contributed by atoms with Gasteiger partial charge in [0.1, 0.15) is 5.75 Å². The Kier molecular flexibility index (Phi) is 6.23. The zero-order chi connectivity index (χ0) is 17.7. The van der Waals surface area contributed by atoms with E-state index in [2.05, 4.69) is 4.72 Å². The molecule has 0 aliphatic heterocycles. The Labute approximate surface area is 143 Å². The predicted molar refractivity (Wildman–Crippen MR) is 93.3 cm³/mol. The number of benzene rings is 1. The summed E-state index contributed by atoms with van der Waals surface area (Å²) in [6.45, 7) is 3.73. The summed E-state index contributed by atoms with van der Waals surface area (Å²) in [5.74, 6) is 0.153. The summed E-state index contributed by atoms with van der Waals surface area (Å²) in [7, 11) is -3.65. The third-order valence-electron chi connectivity index (χ3n) is 4.21. The number of carbonyl (C=O) groups is 1. The van der Waals surface area contributed by atoms with E-state index in [0.717, 1.165) is 18.4 Å². The van der Waals surface area contributed by atoms with Crippen LogP contribution in [0.2, 0.25) is 0 Å². The maximum atomic E-state index is 12.1. The van der Waals surface area contributed by atoms with Gasteiger partial charge in [-0.15, -0.1) is 0 Å². The van der Waals surface area contributed by atoms with Crippen LogP contribution in [0.3, 0.4) is 0 Å². The van der Waals surface area contributed by atoms with Crippen LogP contribution in [0.5, 0.6) is 5.75 Å². The molecule has 1 saturated carbocycles. The van der Waals surface area contributed by atoms with Crippen molar-refractivity contribution >= 4 is 15.9 Å². The third kappa shape index (κ3) is 5.49. The second kappa shape index (κ2) is 7.98. The highest BCUT2D eigenvalue weighted by Crippen LogP contribution is 2.26. The highest BCUT2D eigenvalue weighted by molar-refractivity contribution is 7.90. The maximum absolute atomic E-state index is 12.1. The predicted octanol–water partition coefficient (Wildman–Crippen LogP) is 1.76. The van der Waals surface area contributed by atoms with Crippen molar-refractivity contribution in [3.63, 3.8) is 0 Å². The Hall–Kier alpha value is -1.60. The Morgan fingerprint density at radius 3 is 2.67 bits per heavy atom. The van der Waals surface area contributed by atoms with Gasteiger partial charge < -0.3 is 10.5 Å². The molecule has 0 unspecified atom stereocenters. The lowest BCUT2D eigenvalue weighted by Crippen LogP contribution is -2.37. The average Bonchev–Trinajstić information content (AvgIpc) is 2.89. The van der Waals surface area contributed by atoms with Crippen molar-refractivity contribution in [1.82, 2.24) is 4.72 Å². The van der Waals surface area contributed by atoms with Crippen molar-refractivity contribution in [3.05, 3.63) is 29.8 Å². The maximum Gasteiger partial charge on any atom is 0.271 e. The third-order valence-corrected chi connectivity index (χ3v) is 5.65. The summed E-state index contributed by atoms with van der Waals surface area (Å²) < 4.78 is 31.7. The monoisotopic (exact) mass is 354 g/mol. The van der Waals surface area contributed by atoms with Gasteiger partial charge in [0.15, 0.2) is 6.61 Å². The summed E-state index contributed by atoms with van der Waals surface area (Å²) in [6.07, 6.45) is 2.31. The van der Waals surface area contributed by atoms with Crippen LogP contribution in [-0.4, -0.2) is 32.7 Å². The molecule has 1 aliphatic rings. The largest absolute Gasteiger partial charge is 0.483 e. The van der Waals surface area contributed by atoms with Crippen LogP contribution in [0, 0.1) is 5.92 Å². The van der Waals surface area contributed by atoms with Crippen molar-refractivity contribution in [2.24, 2.45) is 11.7 Å². The van der Waals surface area contributed by atoms with Gasteiger partial charge in [0.2, 0.25) is 10.0 Å². The number of hydrogen-bond donors (Lipinski definition) is 2. The molecule has 0 bridgehead atoms. The molecule has 0 aromatic heterocycles. The summed E-state index contributed by atoms with van der Waals surface area (Å²) in [6, 6.07) is 7.49. The molecule has 0 saturated heterocycles. The summed E-state index contributed by atoms with van der Waals surface area (Å²) in [5, 5.41) is 0. The Bertz CT molecular complexity index is 673. The molecule has 1 aromatic rings. The number of para-hydroxylation sites is 1. The minimum absolute atomic E-state index is 0.0212. The SMILES string of the molecule is CC(C)c1ccccc1OCC(=O)NS(=O)(=O)C[C@@H]1CC[C@H](N)C1. The van der Waals surface area contributed by atoms with Gasteiger partial charge in [-0.05, 0) is 42.7 Å². The Morgan fingerprint density at radius 2 is 2.04 bits per heavy atom. The first kappa shape index (κ1) is 18.7. The van der Waals surface area contributed by atoms with Gasteiger partial charge in [-0.25, -0.2) is 8.42 Å². The Balaban J connectivity index is 1.87. The molecular weight excluding hydrogens is 328 g/mol. The zero-order valence-electron chi connectivity index (χ0n) is 14.2. The number of hydrogen-bond acceptors (Lipinski definition) is 5. The van der Waals surface area contributed by atoms with Gasteiger partial charge in [-0.3, -0.25) is 9.52 Å². The number of ether oxygens (including phenoxy) is 1. The number of rotatable bonds is 7. The second-order valence-electron chi connectivity index (χ2n) is 6.73. The summed E-state index contributed by atoms with van der Waals surface area (Å²) in [4.78, 5) is 11.9. The smallest absolute Gasteiger partial charge is 0.271 e. The number of carbonyl (C=O) groups excluding carboxylic acids is 1. The highest BCUT2D eigenvalue weighted by Gasteiger charge is 2.27. The molecule has 134 valence electrons. The van der Waals surface area contributed by atoms with Gasteiger partial charge >= 0.3 is 0 Å². The molecule has 3 N–H and O–H groups in total. The standard InChI is InChI=1S/C17H26N2O4S/c1-12(2)15-5-3-4-6-16(15)23-10-17(20)19-24(21,22)11-13-7-8-14(18)9-13/h3-6,12-14H,7-11,18H2,1-2H3,(H,19,20)/t13-,14+/m1/s1. The van der Waals surface area contributed by atoms with Crippen LogP contribution in [0.4, 0.5) is 0 Å². The van der Waals surface area contributed by atoms with E-state index >= 15 is 0 Å². The van der Waals surface area contributed by atoms with Crippen molar-refractivity contribution in [3.8, 4) is 5.75 Å². The van der Waals surface area contributed by atoms with E-state index in [1.807, 2.05) is 32.0 Å². The highest BCUT2D eigenvalue weighted by atomic mass is 32.2. The fourth-order valence-corrected chi connectivity index (χ4v) is 4.46. The van der Waals surface area contributed by atoms with E-state index < -0.39 is 15.9 Å². The lowest BCUT2D eigenvalue weighted by Gasteiger charge is -2.14. The lowest BCUT2D eigenvalue weighted by atomic mass is 10.0. The molecule has 1 aromatic carbocycles. The molecule has 7 heteroatoms. The van der Waals surface area contributed by atoms with E-state index in [-0.39, 0.29) is 30.2 Å². The van der Waals surface area contributed by atoms with Gasteiger partial charge in [0, 0.05) is 6.04 Å². The molecule has 6 nitrogen and oxygen atoms in total. The van der Waals surface area contributed by atoms with Gasteiger partial charge in [0.25, 0.3) is 5.91 Å². The quantitative estimate of drug-likeness (QED) is 0.777. The van der Waals surface area contributed by atoms with Crippen molar-refractivity contribution in [2.75, 3.05) is 12.4 Å². The number of nitrogens with one attached hydrogen (secondary N) is 1. The number of sulfonamides is 1. The van der Waals surface area contributed by atoms with E-state index in [1.54, 1.807) is 6.07 Å². The van der Waals surface area contributed by atoms with Crippen LogP contribution < -0.4 is 15.2 Å². The fourth-order valence-electron chi connectivity index (χ4n) is 3.05. The first-order valence-electron chi connectivity index (χ1n) is 8.27. The van der Waals surface area contributed by atoms with Crippen molar-refractivity contribution in [2.45, 2.75) is 45.1 Å². The van der Waals surface area contributed by atoms with Gasteiger partial charge in [-0.2, -0.15) is 0 Å². The topological polar surface area (TPSA) is 98.5 Å². The molecule has 1 amide bonds. The van der Waals surface area contributed by atoms with Crippen LogP contribution in [0.1, 0.15) is 44.6 Å². The molecule has 24 heavy (non-hydrogen) atoms. The molecule has 1 aliphatic carbocycles. The Morgan fingerprint density at radius 1 is 1.33 bits per heavy atom. The molecule has 0 spiro atoms. The van der Waals surface area contributed by atoms with E-state index in [1.165, 1.54) is 0 Å². The zero-order valence-corrected chi connectivity index (χ0v) is 15.0. The first-order valence-corrected chi connectivity index (χ1v) is 9.92. The van der Waals surface area contributed by atoms with Crippen LogP contribution in [-0.2, 0) is 14.8 Å². The van der Waals surface area contributed by atoms with Crippen LogP contribution in [0.15, 0.2) is 24.3 Å². The summed E-state index contributed by atoms with van der Waals surface area (Å²) >= 11 is 0. The minimum Gasteiger partial charge on any atom is -0.483 e. The average molecular weight is 354 g/mol. The van der Waals surface area contributed by atoms with Gasteiger partial charge in [-0.1, -0.05) is 32.0 Å². The molecule has 2 atom stereocenters. The van der Waals surface area contributed by atoms with Crippen LogP contribution >= 0.6 is 0 Å². The molecular formula is C17H26N2O4S. The molecule has 1 fully saturated rings. The first-order chi connectivity index (χ1) is 11.3. The lowest BCUT2D eigenvalue weighted by molar-refractivity contribution is -0.121. The van der Waals surface area contributed by atoms with Crippen molar-refractivity contribution in [1.29, 1.82) is 0 Å². The normalized spacial score (nSPS) is 21.0. The van der Waals surface area contributed by atoms with Crippen molar-refractivity contribution < 1.29 is 17.9 Å². The minimum atomic E-state index is -3.65. The van der Waals surface area contributed by atoms with E-state index in [9.17, 15) is 13.2 Å². The van der Waals surface area contributed by atoms with E-state index in [0.29, 0.717) is 12.2 Å².